The van der Waals surface area contributed by atoms with E-state index < -0.39 is 28.7 Å². The third-order valence-corrected chi connectivity index (χ3v) is 3.94. The number of hydrogen-bond acceptors (Lipinski definition) is 5. The average molecular weight is 339 g/mol. The van der Waals surface area contributed by atoms with Gasteiger partial charge in [-0.2, -0.15) is 0 Å². The maximum atomic E-state index is 12.4. The van der Waals surface area contributed by atoms with Crippen molar-refractivity contribution in [2.24, 2.45) is 0 Å². The Labute approximate surface area is 142 Å². The summed E-state index contributed by atoms with van der Waals surface area (Å²) < 4.78 is 0. The summed E-state index contributed by atoms with van der Waals surface area (Å²) in [4.78, 5) is 48.1. The SMILES string of the molecule is C[C@H](C(=O)Nc1ccc([N+](=O)[O-])cc1)N1C(=O)c2ccccc2C1=O. The van der Waals surface area contributed by atoms with Crippen molar-refractivity contribution in [2.75, 3.05) is 5.32 Å². The molecule has 0 saturated carbocycles. The van der Waals surface area contributed by atoms with Crippen LogP contribution in [0.15, 0.2) is 48.5 Å². The number of hydrogen-bond donors (Lipinski definition) is 1. The first kappa shape index (κ1) is 16.3. The highest BCUT2D eigenvalue weighted by molar-refractivity contribution is 6.23. The molecule has 1 aliphatic heterocycles. The molecule has 3 rings (SSSR count). The van der Waals surface area contributed by atoms with E-state index in [-0.39, 0.29) is 16.8 Å². The van der Waals surface area contributed by atoms with Gasteiger partial charge in [-0.25, -0.2) is 0 Å². The number of nitro benzene ring substituents is 1. The van der Waals surface area contributed by atoms with Crippen molar-refractivity contribution in [1.29, 1.82) is 0 Å². The standard InChI is InChI=1S/C17H13N3O5/c1-10(15(21)18-11-6-8-12(9-7-11)20(24)25)19-16(22)13-4-2-3-5-14(13)17(19)23/h2-10H,1H3,(H,18,21)/t10-/m1/s1. The number of anilines is 1. The Morgan fingerprint density at radius 3 is 2.04 bits per heavy atom. The molecule has 1 atom stereocenters. The lowest BCUT2D eigenvalue weighted by Crippen LogP contribution is -2.45. The van der Waals surface area contributed by atoms with Gasteiger partial charge in [0.2, 0.25) is 5.91 Å². The van der Waals surface area contributed by atoms with Crippen LogP contribution in [0.4, 0.5) is 11.4 Å². The number of nitro groups is 1. The van der Waals surface area contributed by atoms with Gasteiger partial charge in [-0.15, -0.1) is 0 Å². The van der Waals surface area contributed by atoms with Gasteiger partial charge < -0.3 is 5.32 Å². The molecule has 2 aromatic rings. The Morgan fingerprint density at radius 1 is 1.04 bits per heavy atom. The van der Waals surface area contributed by atoms with Crippen LogP contribution in [0.5, 0.6) is 0 Å². The van der Waals surface area contributed by atoms with E-state index in [2.05, 4.69) is 5.32 Å². The summed E-state index contributed by atoms with van der Waals surface area (Å²) in [5.74, 6) is -1.61. The minimum absolute atomic E-state index is 0.105. The van der Waals surface area contributed by atoms with E-state index in [0.717, 1.165) is 4.90 Å². The van der Waals surface area contributed by atoms with E-state index in [9.17, 15) is 24.5 Å². The van der Waals surface area contributed by atoms with Crippen LogP contribution in [0, 0.1) is 10.1 Å². The molecule has 0 spiro atoms. The van der Waals surface area contributed by atoms with Crippen LogP contribution in [0.2, 0.25) is 0 Å². The molecule has 2 aromatic carbocycles. The molecule has 1 aliphatic rings. The van der Waals surface area contributed by atoms with Crippen LogP contribution in [-0.2, 0) is 4.79 Å². The number of carbonyl (C=O) groups is 3. The molecular weight excluding hydrogens is 326 g/mol. The quantitative estimate of drug-likeness (QED) is 0.522. The number of nitrogens with zero attached hydrogens (tertiary/aromatic N) is 2. The fraction of sp³-hybridized carbons (Fsp3) is 0.118. The summed E-state index contributed by atoms with van der Waals surface area (Å²) in [7, 11) is 0. The lowest BCUT2D eigenvalue weighted by Gasteiger charge is -2.21. The maximum Gasteiger partial charge on any atom is 0.269 e. The number of non-ortho nitro benzene ring substituents is 1. The zero-order valence-corrected chi connectivity index (χ0v) is 13.1. The smallest absolute Gasteiger partial charge is 0.269 e. The maximum absolute atomic E-state index is 12.4. The van der Waals surface area contributed by atoms with Gasteiger partial charge in [0, 0.05) is 17.8 Å². The van der Waals surface area contributed by atoms with Gasteiger partial charge in [0.15, 0.2) is 0 Å². The van der Waals surface area contributed by atoms with Gasteiger partial charge in [-0.1, -0.05) is 12.1 Å². The van der Waals surface area contributed by atoms with Crippen molar-refractivity contribution in [2.45, 2.75) is 13.0 Å². The van der Waals surface area contributed by atoms with Crippen LogP contribution in [0.25, 0.3) is 0 Å². The van der Waals surface area contributed by atoms with Crippen molar-refractivity contribution >= 4 is 29.1 Å². The van der Waals surface area contributed by atoms with Gasteiger partial charge in [-0.3, -0.25) is 29.4 Å². The highest BCUT2D eigenvalue weighted by Crippen LogP contribution is 2.25. The van der Waals surface area contributed by atoms with E-state index >= 15 is 0 Å². The zero-order valence-electron chi connectivity index (χ0n) is 13.1. The fourth-order valence-corrected chi connectivity index (χ4v) is 2.59. The van der Waals surface area contributed by atoms with Crippen molar-refractivity contribution < 1.29 is 19.3 Å². The Morgan fingerprint density at radius 2 is 1.56 bits per heavy atom. The number of rotatable bonds is 4. The van der Waals surface area contributed by atoms with Gasteiger partial charge in [0.05, 0.1) is 16.1 Å². The summed E-state index contributed by atoms with van der Waals surface area (Å²) in [5, 5.41) is 13.2. The molecule has 8 nitrogen and oxygen atoms in total. The minimum Gasteiger partial charge on any atom is -0.324 e. The largest absolute Gasteiger partial charge is 0.324 e. The summed E-state index contributed by atoms with van der Waals surface area (Å²) in [6, 6.07) is 10.6. The lowest BCUT2D eigenvalue weighted by molar-refractivity contribution is -0.384. The molecule has 1 heterocycles. The van der Waals surface area contributed by atoms with Crippen LogP contribution < -0.4 is 5.32 Å². The Bertz CT molecular complexity index is 856. The molecule has 126 valence electrons. The normalized spacial score (nSPS) is 14.2. The third kappa shape index (κ3) is 2.85. The molecule has 8 heteroatoms. The Hall–Kier alpha value is -3.55. The molecule has 0 bridgehead atoms. The van der Waals surface area contributed by atoms with Crippen LogP contribution >= 0.6 is 0 Å². The second kappa shape index (κ2) is 6.16. The molecule has 0 aromatic heterocycles. The summed E-state index contributed by atoms with van der Waals surface area (Å²) in [5.41, 5.74) is 0.760. The number of fused-ring (bicyclic) bond motifs is 1. The number of nitrogens with one attached hydrogen (secondary N) is 1. The van der Waals surface area contributed by atoms with E-state index in [0.29, 0.717) is 5.69 Å². The molecule has 25 heavy (non-hydrogen) atoms. The van der Waals surface area contributed by atoms with Gasteiger partial charge in [0.1, 0.15) is 6.04 Å². The number of amides is 3. The first-order chi connectivity index (χ1) is 11.9. The van der Waals surface area contributed by atoms with Gasteiger partial charge in [-0.05, 0) is 31.2 Å². The number of carbonyl (C=O) groups excluding carboxylic acids is 3. The van der Waals surface area contributed by atoms with Crippen LogP contribution in [-0.4, -0.2) is 33.6 Å². The Kier molecular flexibility index (Phi) is 4.02. The summed E-state index contributed by atoms with van der Waals surface area (Å²) >= 11 is 0. The second-order valence-electron chi connectivity index (χ2n) is 5.50. The minimum atomic E-state index is -1.03. The van der Waals surface area contributed by atoms with E-state index in [1.165, 1.54) is 43.3 Å². The zero-order chi connectivity index (χ0) is 18.1. The summed E-state index contributed by atoms with van der Waals surface area (Å²) in [6.07, 6.45) is 0. The summed E-state index contributed by atoms with van der Waals surface area (Å²) in [6.45, 7) is 1.45. The van der Waals surface area contributed by atoms with E-state index in [4.69, 9.17) is 0 Å². The second-order valence-corrected chi connectivity index (χ2v) is 5.50. The number of imide groups is 1. The Balaban J connectivity index is 1.76. The highest BCUT2D eigenvalue weighted by Gasteiger charge is 2.40. The van der Waals surface area contributed by atoms with Crippen LogP contribution in [0.1, 0.15) is 27.6 Å². The topological polar surface area (TPSA) is 110 Å². The molecule has 0 saturated heterocycles. The van der Waals surface area contributed by atoms with Crippen molar-refractivity contribution in [3.8, 4) is 0 Å². The molecule has 3 amide bonds. The van der Waals surface area contributed by atoms with E-state index in [1.54, 1.807) is 12.1 Å². The molecule has 1 N–H and O–H groups in total. The van der Waals surface area contributed by atoms with Gasteiger partial charge >= 0.3 is 0 Å². The first-order valence-corrected chi connectivity index (χ1v) is 7.42. The molecule has 0 unspecified atom stereocenters. The molecule has 0 radical (unpaired) electrons. The van der Waals surface area contributed by atoms with Crippen molar-refractivity contribution in [1.82, 2.24) is 4.90 Å². The predicted molar refractivity (Wildman–Crippen MR) is 88.1 cm³/mol. The molecule has 0 aliphatic carbocycles. The third-order valence-electron chi connectivity index (χ3n) is 3.94. The monoisotopic (exact) mass is 339 g/mol. The van der Waals surface area contributed by atoms with Crippen LogP contribution in [0.3, 0.4) is 0 Å². The number of benzene rings is 2. The molecule has 0 fully saturated rings. The lowest BCUT2D eigenvalue weighted by atomic mass is 10.1. The van der Waals surface area contributed by atoms with Crippen molar-refractivity contribution in [3.63, 3.8) is 0 Å². The first-order valence-electron chi connectivity index (χ1n) is 7.42. The highest BCUT2D eigenvalue weighted by atomic mass is 16.6. The fourth-order valence-electron chi connectivity index (χ4n) is 2.59. The predicted octanol–water partition coefficient (Wildman–Crippen LogP) is 2.22. The van der Waals surface area contributed by atoms with Crippen molar-refractivity contribution in [3.05, 3.63) is 69.8 Å². The molecular formula is C17H13N3O5. The van der Waals surface area contributed by atoms with Gasteiger partial charge in [0.25, 0.3) is 17.5 Å². The average Bonchev–Trinajstić information content (AvgIpc) is 2.86. The van der Waals surface area contributed by atoms with E-state index in [1.807, 2.05) is 0 Å².